The minimum atomic E-state index is 0.347. The third-order valence-electron chi connectivity index (χ3n) is 4.03. The summed E-state index contributed by atoms with van der Waals surface area (Å²) in [5.41, 5.74) is 3.59. The maximum absolute atomic E-state index is 10.0. The predicted molar refractivity (Wildman–Crippen MR) is 75.6 cm³/mol. The summed E-state index contributed by atoms with van der Waals surface area (Å²) in [5, 5.41) is 19.6. The summed E-state index contributed by atoms with van der Waals surface area (Å²) in [7, 11) is 0. The van der Waals surface area contributed by atoms with E-state index in [-0.39, 0.29) is 0 Å². The van der Waals surface area contributed by atoms with Gasteiger partial charge in [0, 0.05) is 0 Å². The molecule has 1 unspecified atom stereocenters. The van der Waals surface area contributed by atoms with Gasteiger partial charge in [0.1, 0.15) is 11.5 Å². The molecule has 0 heterocycles. The van der Waals surface area contributed by atoms with Gasteiger partial charge in [0.05, 0.1) is 0 Å². The topological polar surface area (TPSA) is 40.5 Å². The van der Waals surface area contributed by atoms with Gasteiger partial charge in [-0.25, -0.2) is 0 Å². The molecule has 2 aromatic carbocycles. The summed E-state index contributed by atoms with van der Waals surface area (Å²) in [6.45, 7) is 0. The standard InChI is InChI=1S/C17H18O2/c18-15-9-8-13-10-14(5-3-4-12(13)11-15)16-6-1-2-7-17(16)19/h1-2,6-9,11,14,18-19H,3-5,10H2. The molecular formula is C17H18O2. The van der Waals surface area contributed by atoms with Crippen LogP contribution < -0.4 is 0 Å². The number of aromatic hydroxyl groups is 2. The molecule has 1 aliphatic carbocycles. The lowest BCUT2D eigenvalue weighted by Crippen LogP contribution is -2.02. The third-order valence-corrected chi connectivity index (χ3v) is 4.03. The Hall–Kier alpha value is -1.96. The van der Waals surface area contributed by atoms with Crippen LogP contribution >= 0.6 is 0 Å². The second kappa shape index (κ2) is 4.96. The summed E-state index contributed by atoms with van der Waals surface area (Å²) in [6.07, 6.45) is 4.11. The second-order valence-corrected chi connectivity index (χ2v) is 5.31. The molecule has 3 rings (SSSR count). The Morgan fingerprint density at radius 3 is 2.63 bits per heavy atom. The van der Waals surface area contributed by atoms with Crippen LogP contribution in [-0.2, 0) is 12.8 Å². The fourth-order valence-corrected chi connectivity index (χ4v) is 3.05. The predicted octanol–water partition coefficient (Wildman–Crippen LogP) is 3.76. The average Bonchev–Trinajstić information content (AvgIpc) is 2.61. The molecule has 0 spiro atoms. The van der Waals surface area contributed by atoms with E-state index in [1.165, 1.54) is 11.1 Å². The van der Waals surface area contributed by atoms with E-state index in [9.17, 15) is 10.2 Å². The maximum Gasteiger partial charge on any atom is 0.119 e. The first kappa shape index (κ1) is 12.1. The zero-order chi connectivity index (χ0) is 13.2. The van der Waals surface area contributed by atoms with E-state index in [1.54, 1.807) is 12.1 Å². The van der Waals surface area contributed by atoms with Crippen LogP contribution in [0.4, 0.5) is 0 Å². The van der Waals surface area contributed by atoms with Crippen molar-refractivity contribution in [2.75, 3.05) is 0 Å². The maximum atomic E-state index is 10.0. The first-order chi connectivity index (χ1) is 9.24. The van der Waals surface area contributed by atoms with E-state index in [2.05, 4.69) is 0 Å². The lowest BCUT2D eigenvalue weighted by Gasteiger charge is -2.16. The molecule has 2 heteroatoms. The number of para-hydroxylation sites is 1. The summed E-state index contributed by atoms with van der Waals surface area (Å²) in [4.78, 5) is 0. The van der Waals surface area contributed by atoms with Crippen LogP contribution in [0.3, 0.4) is 0 Å². The highest BCUT2D eigenvalue weighted by Crippen LogP contribution is 2.36. The lowest BCUT2D eigenvalue weighted by atomic mass is 9.89. The normalized spacial score (nSPS) is 18.6. The summed E-state index contributed by atoms with van der Waals surface area (Å²) in [5.74, 6) is 1.11. The van der Waals surface area contributed by atoms with Gasteiger partial charge in [-0.3, -0.25) is 0 Å². The Bertz CT molecular complexity index is 590. The van der Waals surface area contributed by atoms with Gasteiger partial charge in [-0.15, -0.1) is 0 Å². The quantitative estimate of drug-likeness (QED) is 0.761. The molecule has 2 aromatic rings. The van der Waals surface area contributed by atoms with Crippen molar-refractivity contribution < 1.29 is 10.2 Å². The van der Waals surface area contributed by atoms with Gasteiger partial charge < -0.3 is 10.2 Å². The van der Waals surface area contributed by atoms with Crippen molar-refractivity contribution >= 4 is 0 Å². The van der Waals surface area contributed by atoms with Crippen molar-refractivity contribution in [1.29, 1.82) is 0 Å². The van der Waals surface area contributed by atoms with Crippen LogP contribution in [0.25, 0.3) is 0 Å². The molecule has 0 radical (unpaired) electrons. The summed E-state index contributed by atoms with van der Waals surface area (Å²) in [6, 6.07) is 13.3. The molecule has 0 saturated carbocycles. The van der Waals surface area contributed by atoms with Crippen molar-refractivity contribution in [1.82, 2.24) is 0 Å². The van der Waals surface area contributed by atoms with Crippen LogP contribution in [0.15, 0.2) is 42.5 Å². The number of phenols is 2. The molecule has 0 aromatic heterocycles. The highest BCUT2D eigenvalue weighted by Gasteiger charge is 2.20. The van der Waals surface area contributed by atoms with Crippen molar-refractivity contribution in [2.24, 2.45) is 0 Å². The van der Waals surface area contributed by atoms with Gasteiger partial charge in [-0.2, -0.15) is 0 Å². The number of aryl methyl sites for hydroxylation is 1. The van der Waals surface area contributed by atoms with Crippen molar-refractivity contribution in [3.8, 4) is 11.5 Å². The molecule has 0 fully saturated rings. The molecule has 1 atom stereocenters. The highest BCUT2D eigenvalue weighted by atomic mass is 16.3. The number of hydrogen-bond donors (Lipinski definition) is 2. The van der Waals surface area contributed by atoms with Gasteiger partial charge in [0.15, 0.2) is 0 Å². The van der Waals surface area contributed by atoms with Crippen LogP contribution in [0.2, 0.25) is 0 Å². The highest BCUT2D eigenvalue weighted by molar-refractivity contribution is 5.40. The van der Waals surface area contributed by atoms with E-state index in [4.69, 9.17) is 0 Å². The largest absolute Gasteiger partial charge is 0.508 e. The molecule has 1 aliphatic rings. The first-order valence-electron chi connectivity index (χ1n) is 6.82. The van der Waals surface area contributed by atoms with Crippen molar-refractivity contribution in [3.63, 3.8) is 0 Å². The SMILES string of the molecule is Oc1ccc2c(c1)CCCC(c1ccccc1O)C2. The molecule has 0 aliphatic heterocycles. The van der Waals surface area contributed by atoms with E-state index >= 15 is 0 Å². The molecule has 2 nitrogen and oxygen atoms in total. The Balaban J connectivity index is 1.94. The molecule has 0 bridgehead atoms. The van der Waals surface area contributed by atoms with Gasteiger partial charge in [0.25, 0.3) is 0 Å². The molecule has 98 valence electrons. The van der Waals surface area contributed by atoms with E-state index in [0.717, 1.165) is 31.2 Å². The van der Waals surface area contributed by atoms with Crippen LogP contribution in [0.1, 0.15) is 35.4 Å². The molecule has 19 heavy (non-hydrogen) atoms. The molecule has 0 saturated heterocycles. The monoisotopic (exact) mass is 254 g/mol. The number of phenolic OH excluding ortho intramolecular Hbond substituents is 2. The van der Waals surface area contributed by atoms with Gasteiger partial charge >= 0.3 is 0 Å². The summed E-state index contributed by atoms with van der Waals surface area (Å²) < 4.78 is 0. The van der Waals surface area contributed by atoms with Crippen LogP contribution in [-0.4, -0.2) is 10.2 Å². The zero-order valence-electron chi connectivity index (χ0n) is 10.8. The minimum Gasteiger partial charge on any atom is -0.508 e. The first-order valence-corrected chi connectivity index (χ1v) is 6.82. The van der Waals surface area contributed by atoms with Gasteiger partial charge in [-0.1, -0.05) is 24.3 Å². The fourth-order valence-electron chi connectivity index (χ4n) is 3.05. The Kier molecular flexibility index (Phi) is 3.16. The molecule has 0 amide bonds. The average molecular weight is 254 g/mol. The minimum absolute atomic E-state index is 0.347. The summed E-state index contributed by atoms with van der Waals surface area (Å²) >= 11 is 0. The van der Waals surface area contributed by atoms with Gasteiger partial charge in [0.2, 0.25) is 0 Å². The molecule has 2 N–H and O–H groups in total. The second-order valence-electron chi connectivity index (χ2n) is 5.31. The number of hydrogen-bond acceptors (Lipinski definition) is 2. The van der Waals surface area contributed by atoms with E-state index < -0.39 is 0 Å². The number of fused-ring (bicyclic) bond motifs is 1. The van der Waals surface area contributed by atoms with Crippen LogP contribution in [0.5, 0.6) is 11.5 Å². The van der Waals surface area contributed by atoms with Gasteiger partial charge in [-0.05, 0) is 66.5 Å². The number of benzene rings is 2. The smallest absolute Gasteiger partial charge is 0.119 e. The van der Waals surface area contributed by atoms with Crippen molar-refractivity contribution in [3.05, 3.63) is 59.2 Å². The van der Waals surface area contributed by atoms with Crippen molar-refractivity contribution in [2.45, 2.75) is 31.6 Å². The van der Waals surface area contributed by atoms with Crippen LogP contribution in [0, 0.1) is 0 Å². The number of rotatable bonds is 1. The fraction of sp³-hybridized carbons (Fsp3) is 0.294. The zero-order valence-corrected chi connectivity index (χ0v) is 10.8. The Labute approximate surface area is 113 Å². The Morgan fingerprint density at radius 1 is 0.947 bits per heavy atom. The Morgan fingerprint density at radius 2 is 1.79 bits per heavy atom. The lowest BCUT2D eigenvalue weighted by molar-refractivity contribution is 0.456. The molecular weight excluding hydrogens is 236 g/mol. The van der Waals surface area contributed by atoms with E-state index in [1.807, 2.05) is 30.3 Å². The third kappa shape index (κ3) is 2.43. The van der Waals surface area contributed by atoms with E-state index in [0.29, 0.717) is 17.4 Å².